The summed E-state index contributed by atoms with van der Waals surface area (Å²) in [5.41, 5.74) is 12.9. The maximum atomic E-state index is 12.4. The zero-order valence-corrected chi connectivity index (χ0v) is 24.2. The molecule has 0 fully saturated rings. The number of benzene rings is 2. The molecule has 242 valence electrons. The molecular formula is C28H28F6N6O4S. The Bertz CT molecular complexity index is 1520. The number of rotatable bonds is 14. The van der Waals surface area contributed by atoms with E-state index >= 15 is 0 Å². The summed E-state index contributed by atoms with van der Waals surface area (Å²) in [5, 5.41) is 13.9. The second-order valence-electron chi connectivity index (χ2n) is 9.41. The monoisotopic (exact) mass is 658 g/mol. The van der Waals surface area contributed by atoms with E-state index < -0.39 is 36.0 Å². The summed E-state index contributed by atoms with van der Waals surface area (Å²) in [5.74, 6) is -1.89. The Balaban J connectivity index is 1.37. The smallest absolute Gasteiger partial charge is 0.406 e. The number of aromatic nitrogens is 2. The van der Waals surface area contributed by atoms with Crippen LogP contribution in [0.3, 0.4) is 0 Å². The second kappa shape index (κ2) is 15.8. The lowest BCUT2D eigenvalue weighted by Gasteiger charge is -2.10. The van der Waals surface area contributed by atoms with Gasteiger partial charge in [-0.15, -0.1) is 36.5 Å². The van der Waals surface area contributed by atoms with E-state index in [0.29, 0.717) is 47.5 Å². The highest BCUT2D eigenvalue weighted by Gasteiger charge is 2.31. The largest absolute Gasteiger partial charge is 0.573 e. The van der Waals surface area contributed by atoms with Crippen LogP contribution in [-0.2, 0) is 28.9 Å². The number of nitrogens with two attached hydrogens (primary N) is 2. The van der Waals surface area contributed by atoms with E-state index in [1.165, 1.54) is 47.8 Å². The summed E-state index contributed by atoms with van der Waals surface area (Å²) in [6.07, 6.45) is -4.74. The van der Waals surface area contributed by atoms with Gasteiger partial charge in [-0.05, 0) is 66.8 Å². The number of carbonyl (C=O) groups is 2. The Hall–Kier alpha value is -4.80. The van der Waals surface area contributed by atoms with Crippen molar-refractivity contribution in [2.24, 2.45) is 11.5 Å². The van der Waals surface area contributed by atoms with Crippen molar-refractivity contribution in [3.63, 3.8) is 0 Å². The molecule has 0 aliphatic carbocycles. The zero-order chi connectivity index (χ0) is 33.0. The van der Waals surface area contributed by atoms with Crippen molar-refractivity contribution >= 4 is 28.3 Å². The van der Waals surface area contributed by atoms with Gasteiger partial charge in [0.15, 0.2) is 0 Å². The number of hydrogen-bond acceptors (Lipinski definition) is 9. The highest BCUT2D eigenvalue weighted by atomic mass is 32.1. The van der Waals surface area contributed by atoms with Crippen molar-refractivity contribution in [2.45, 2.75) is 51.2 Å². The highest BCUT2D eigenvalue weighted by molar-refractivity contribution is 7.15. The Morgan fingerprint density at radius 3 is 1.98 bits per heavy atom. The average Bonchev–Trinajstić information content (AvgIpc) is 3.35. The van der Waals surface area contributed by atoms with Crippen LogP contribution in [0, 0.1) is 0 Å². The molecule has 0 saturated heterocycles. The Labute approximate surface area is 257 Å². The fourth-order valence-corrected chi connectivity index (χ4v) is 4.57. The van der Waals surface area contributed by atoms with E-state index in [2.05, 4.69) is 30.3 Å². The number of amides is 2. The number of nitrogens with one attached hydrogen (secondary N) is 2. The lowest BCUT2D eigenvalue weighted by atomic mass is 10.1. The van der Waals surface area contributed by atoms with Crippen LogP contribution in [0.2, 0.25) is 0 Å². The number of anilines is 1. The van der Waals surface area contributed by atoms with Crippen LogP contribution in [0.1, 0.15) is 35.4 Å². The first kappa shape index (κ1) is 34.7. The zero-order valence-electron chi connectivity index (χ0n) is 23.4. The second-order valence-corrected chi connectivity index (χ2v) is 10.5. The highest BCUT2D eigenvalue weighted by Crippen LogP contribution is 2.25. The quantitative estimate of drug-likeness (QED) is 0.104. The summed E-state index contributed by atoms with van der Waals surface area (Å²) in [6.45, 7) is 0. The van der Waals surface area contributed by atoms with Gasteiger partial charge in [-0.1, -0.05) is 35.6 Å². The van der Waals surface area contributed by atoms with Crippen molar-refractivity contribution in [1.82, 2.24) is 15.5 Å². The molecule has 2 aromatic carbocycles. The molecular weight excluding hydrogens is 630 g/mol. The number of aryl methyl sites for hydroxylation is 1. The summed E-state index contributed by atoms with van der Waals surface area (Å²) in [7, 11) is 0. The number of allylic oxidation sites excluding steroid dienone is 3. The van der Waals surface area contributed by atoms with E-state index in [-0.39, 0.29) is 23.8 Å². The summed E-state index contributed by atoms with van der Waals surface area (Å²) < 4.78 is 82.1. The van der Waals surface area contributed by atoms with Crippen molar-refractivity contribution < 1.29 is 45.4 Å². The van der Waals surface area contributed by atoms with E-state index in [9.17, 15) is 35.9 Å². The number of hydrogen-bond donors (Lipinski definition) is 4. The molecule has 1 heterocycles. The molecule has 0 aliphatic rings. The van der Waals surface area contributed by atoms with Gasteiger partial charge >= 0.3 is 12.7 Å². The van der Waals surface area contributed by atoms with Gasteiger partial charge in [0.05, 0.1) is 12.8 Å². The Morgan fingerprint density at radius 1 is 0.822 bits per heavy atom. The van der Waals surface area contributed by atoms with Gasteiger partial charge in [0.1, 0.15) is 22.3 Å². The van der Waals surface area contributed by atoms with Gasteiger partial charge in [0.25, 0.3) is 0 Å². The number of nitrogens with zero attached hydrogens (tertiary/aromatic N) is 2. The fraction of sp³-hybridized carbons (Fsp3) is 0.286. The lowest BCUT2D eigenvalue weighted by Crippen LogP contribution is -2.28. The molecule has 2 amide bonds. The predicted molar refractivity (Wildman–Crippen MR) is 152 cm³/mol. The van der Waals surface area contributed by atoms with Crippen LogP contribution in [0.15, 0.2) is 72.2 Å². The molecule has 0 radical (unpaired) electrons. The lowest BCUT2D eigenvalue weighted by molar-refractivity contribution is -0.275. The first-order valence-corrected chi connectivity index (χ1v) is 14.0. The van der Waals surface area contributed by atoms with Gasteiger partial charge in [-0.2, -0.15) is 0 Å². The first-order valence-electron chi connectivity index (χ1n) is 13.2. The van der Waals surface area contributed by atoms with Gasteiger partial charge < -0.3 is 31.6 Å². The molecule has 1 aromatic heterocycles. The number of ether oxygens (including phenoxy) is 2. The van der Waals surface area contributed by atoms with Crippen LogP contribution < -0.4 is 31.6 Å². The third kappa shape index (κ3) is 14.0. The number of halogens is 6. The standard InChI is InChI=1S/C28H28F6N6O4S/c29-27(30,31)43-20-8-3-5-17(13-20)15-23(41)37-22(36)12-11-19(35)7-1-2-10-25-39-40-26(45-25)38-24(42)16-18-6-4-9-21(14-18)44-28(32,33)34/h3-6,8-9,11-14H,1-2,7,10,15-16,35-36H2,(H,37,41)(H,38,40,42)/b19-11-,22-12+. The number of alkyl halides is 6. The Kier molecular flexibility index (Phi) is 12.2. The van der Waals surface area contributed by atoms with Crippen molar-refractivity contribution in [3.05, 3.63) is 88.3 Å². The molecule has 0 unspecified atom stereocenters. The van der Waals surface area contributed by atoms with E-state index in [4.69, 9.17) is 11.5 Å². The normalized spacial score (nSPS) is 12.5. The molecule has 0 bridgehead atoms. The van der Waals surface area contributed by atoms with Crippen molar-refractivity contribution in [3.8, 4) is 11.5 Å². The molecule has 3 aromatic rings. The van der Waals surface area contributed by atoms with Crippen molar-refractivity contribution in [1.29, 1.82) is 0 Å². The molecule has 6 N–H and O–H groups in total. The van der Waals surface area contributed by atoms with Gasteiger partial charge in [0.2, 0.25) is 16.9 Å². The van der Waals surface area contributed by atoms with Crippen LogP contribution in [-0.4, -0.2) is 34.7 Å². The molecule has 0 aliphatic heterocycles. The average molecular weight is 659 g/mol. The number of unbranched alkanes of at least 4 members (excludes halogenated alkanes) is 1. The third-order valence-electron chi connectivity index (χ3n) is 5.57. The van der Waals surface area contributed by atoms with E-state index in [1.807, 2.05) is 0 Å². The minimum Gasteiger partial charge on any atom is -0.406 e. The minimum atomic E-state index is -4.84. The van der Waals surface area contributed by atoms with Crippen LogP contribution in [0.25, 0.3) is 0 Å². The molecule has 3 rings (SSSR count). The van der Waals surface area contributed by atoms with Crippen LogP contribution in [0.5, 0.6) is 11.5 Å². The first-order chi connectivity index (χ1) is 21.1. The molecule has 10 nitrogen and oxygen atoms in total. The predicted octanol–water partition coefficient (Wildman–Crippen LogP) is 5.23. The van der Waals surface area contributed by atoms with Gasteiger partial charge in [0, 0.05) is 12.1 Å². The van der Waals surface area contributed by atoms with Crippen LogP contribution >= 0.6 is 11.3 Å². The summed E-state index contributed by atoms with van der Waals surface area (Å²) in [6, 6.07) is 10.2. The van der Waals surface area contributed by atoms with E-state index in [1.54, 1.807) is 0 Å². The SMILES string of the molecule is N/C(=C\C=C(/N)NC(=O)Cc1cccc(OC(F)(F)F)c1)CCCCc1nnc(NC(=O)Cc2cccc(OC(F)(F)F)c2)s1. The maximum Gasteiger partial charge on any atom is 0.573 e. The molecule has 0 spiro atoms. The van der Waals surface area contributed by atoms with Crippen LogP contribution in [0.4, 0.5) is 31.5 Å². The summed E-state index contributed by atoms with van der Waals surface area (Å²) in [4.78, 5) is 24.5. The molecule has 0 atom stereocenters. The van der Waals surface area contributed by atoms with Gasteiger partial charge in [-0.3, -0.25) is 9.59 Å². The minimum absolute atomic E-state index is 0.00331. The summed E-state index contributed by atoms with van der Waals surface area (Å²) >= 11 is 1.17. The van der Waals surface area contributed by atoms with Gasteiger partial charge in [-0.25, -0.2) is 0 Å². The fourth-order valence-electron chi connectivity index (χ4n) is 3.78. The third-order valence-corrected chi connectivity index (χ3v) is 6.47. The molecule has 0 saturated carbocycles. The Morgan fingerprint density at radius 2 is 1.40 bits per heavy atom. The maximum absolute atomic E-state index is 12.4. The van der Waals surface area contributed by atoms with E-state index in [0.717, 1.165) is 24.3 Å². The topological polar surface area (TPSA) is 154 Å². The van der Waals surface area contributed by atoms with Crippen molar-refractivity contribution in [2.75, 3.05) is 5.32 Å². The molecule has 45 heavy (non-hydrogen) atoms. The molecule has 17 heteroatoms. The number of carbonyl (C=O) groups excluding carboxylic acids is 2.